The number of hydrogen-bond donors (Lipinski definition) is 0. The van der Waals surface area contributed by atoms with Crippen molar-refractivity contribution in [1.29, 1.82) is 0 Å². The second kappa shape index (κ2) is 8.81. The van der Waals surface area contributed by atoms with Crippen LogP contribution in [0.2, 0.25) is 10.0 Å². The molecule has 6 nitrogen and oxygen atoms in total. The summed E-state index contributed by atoms with van der Waals surface area (Å²) < 4.78 is 2.34. The summed E-state index contributed by atoms with van der Waals surface area (Å²) in [5, 5.41) is 5.27. The Hall–Kier alpha value is -3.04. The molecule has 3 heterocycles. The Morgan fingerprint density at radius 2 is 1.75 bits per heavy atom. The zero-order chi connectivity index (χ0) is 25.1. The van der Waals surface area contributed by atoms with Gasteiger partial charge >= 0.3 is 0 Å². The van der Waals surface area contributed by atoms with Gasteiger partial charge in [-0.3, -0.25) is 9.59 Å². The number of hydrogen-bond acceptors (Lipinski definition) is 5. The molecule has 0 atom stereocenters. The number of carbonyl (C=O) groups is 1. The molecular formula is C26H15BrCl2N4O2S. The fraction of sp³-hybridized carbons (Fsp3) is 0.0769. The minimum atomic E-state index is -0.398. The number of halogens is 3. The Morgan fingerprint density at radius 1 is 0.972 bits per heavy atom. The minimum Gasteiger partial charge on any atom is -0.303 e. The van der Waals surface area contributed by atoms with Crippen LogP contribution in [0.3, 0.4) is 0 Å². The lowest BCUT2D eigenvalue weighted by Gasteiger charge is -2.17. The monoisotopic (exact) mass is 596 g/mol. The molecule has 0 saturated carbocycles. The normalized spacial score (nSPS) is 14.7. The molecule has 0 radical (unpaired) electrons. The predicted molar refractivity (Wildman–Crippen MR) is 147 cm³/mol. The van der Waals surface area contributed by atoms with Gasteiger partial charge in [0.25, 0.3) is 11.5 Å². The van der Waals surface area contributed by atoms with Crippen LogP contribution in [0.15, 0.2) is 69.9 Å². The van der Waals surface area contributed by atoms with E-state index in [0.717, 1.165) is 32.6 Å². The van der Waals surface area contributed by atoms with Crippen molar-refractivity contribution in [1.82, 2.24) is 14.6 Å². The SMILES string of the molecule is Cc1ccc(CN2C(=O)C(=c3sc4nc(-c5ccc(Cl)cc5Cl)nn4c3=O)c3cc(Br)ccc32)cc1. The summed E-state index contributed by atoms with van der Waals surface area (Å²) in [5.41, 5.74) is 4.12. The zero-order valence-electron chi connectivity index (χ0n) is 18.6. The molecule has 0 saturated heterocycles. The highest BCUT2D eigenvalue weighted by molar-refractivity contribution is 9.10. The van der Waals surface area contributed by atoms with Crippen molar-refractivity contribution in [2.24, 2.45) is 0 Å². The summed E-state index contributed by atoms with van der Waals surface area (Å²) in [5.74, 6) is 0.0877. The Balaban J connectivity index is 1.50. The van der Waals surface area contributed by atoms with E-state index in [1.165, 1.54) is 4.52 Å². The number of anilines is 1. The van der Waals surface area contributed by atoms with Crippen LogP contribution in [0.5, 0.6) is 0 Å². The van der Waals surface area contributed by atoms with Crippen molar-refractivity contribution >= 4 is 72.6 Å². The van der Waals surface area contributed by atoms with Crippen molar-refractivity contribution in [2.75, 3.05) is 4.90 Å². The van der Waals surface area contributed by atoms with E-state index in [4.69, 9.17) is 23.2 Å². The Morgan fingerprint density at radius 3 is 2.47 bits per heavy atom. The van der Waals surface area contributed by atoms with Crippen molar-refractivity contribution in [3.8, 4) is 11.4 Å². The molecule has 0 aliphatic carbocycles. The third kappa shape index (κ3) is 3.85. The first-order valence-corrected chi connectivity index (χ1v) is 13.2. The summed E-state index contributed by atoms with van der Waals surface area (Å²) in [6, 6.07) is 18.7. The third-order valence-electron chi connectivity index (χ3n) is 6.00. The van der Waals surface area contributed by atoms with Gasteiger partial charge in [0.15, 0.2) is 5.82 Å². The first-order valence-electron chi connectivity index (χ1n) is 10.9. The fourth-order valence-electron chi connectivity index (χ4n) is 4.23. The average Bonchev–Trinajstić information content (AvgIpc) is 3.46. The third-order valence-corrected chi connectivity index (χ3v) is 8.07. The number of benzene rings is 3. The summed E-state index contributed by atoms with van der Waals surface area (Å²) >= 11 is 16.9. The largest absolute Gasteiger partial charge is 0.303 e. The van der Waals surface area contributed by atoms with E-state index < -0.39 is 5.56 Å². The highest BCUT2D eigenvalue weighted by Gasteiger charge is 2.34. The van der Waals surface area contributed by atoms with Gasteiger partial charge in [0.05, 0.1) is 22.8 Å². The van der Waals surface area contributed by atoms with Crippen molar-refractivity contribution < 1.29 is 4.79 Å². The Labute approximate surface area is 227 Å². The number of nitrogens with zero attached hydrogens (tertiary/aromatic N) is 4. The molecule has 1 amide bonds. The smallest absolute Gasteiger partial charge is 0.291 e. The van der Waals surface area contributed by atoms with Gasteiger partial charge in [0.1, 0.15) is 4.53 Å². The number of fused-ring (bicyclic) bond motifs is 2. The van der Waals surface area contributed by atoms with Gasteiger partial charge in [-0.25, -0.2) is 0 Å². The van der Waals surface area contributed by atoms with Gasteiger partial charge in [-0.1, -0.05) is 80.3 Å². The van der Waals surface area contributed by atoms with E-state index in [0.29, 0.717) is 48.6 Å². The number of amides is 1. The Bertz CT molecular complexity index is 1810. The number of aromatic nitrogens is 3. The van der Waals surface area contributed by atoms with E-state index in [1.807, 2.05) is 49.4 Å². The topological polar surface area (TPSA) is 67.6 Å². The summed E-state index contributed by atoms with van der Waals surface area (Å²) in [6.07, 6.45) is 0. The molecule has 5 aromatic rings. The molecule has 0 bridgehead atoms. The van der Waals surface area contributed by atoms with E-state index in [-0.39, 0.29) is 5.91 Å². The lowest BCUT2D eigenvalue weighted by atomic mass is 10.1. The molecule has 0 fully saturated rings. The lowest BCUT2D eigenvalue weighted by molar-refractivity contribution is -0.113. The van der Waals surface area contributed by atoms with Crippen LogP contribution in [0.1, 0.15) is 16.7 Å². The van der Waals surface area contributed by atoms with Crippen LogP contribution in [0.4, 0.5) is 5.69 Å². The number of rotatable bonds is 3. The molecule has 2 aromatic heterocycles. The van der Waals surface area contributed by atoms with Crippen molar-refractivity contribution in [3.63, 3.8) is 0 Å². The molecule has 0 unspecified atom stereocenters. The standard InChI is InChI=1S/C26H15BrCl2N4O2S/c1-13-2-4-14(5-3-13)12-32-20-9-6-15(27)10-18(20)21(24(32)34)22-25(35)33-26(36-22)30-23(31-33)17-8-7-16(28)11-19(17)29/h2-11H,12H2,1H3. The van der Waals surface area contributed by atoms with Gasteiger partial charge in [-0.15, -0.1) is 5.10 Å². The van der Waals surface area contributed by atoms with E-state index in [1.54, 1.807) is 23.1 Å². The van der Waals surface area contributed by atoms with E-state index in [2.05, 4.69) is 26.0 Å². The predicted octanol–water partition coefficient (Wildman–Crippen LogP) is 5.66. The quantitative estimate of drug-likeness (QED) is 0.269. The second-order valence-electron chi connectivity index (χ2n) is 8.40. The average molecular weight is 598 g/mol. The first kappa shape index (κ1) is 23.4. The molecule has 1 aliphatic rings. The fourth-order valence-corrected chi connectivity index (χ4v) is 6.08. The van der Waals surface area contributed by atoms with Crippen molar-refractivity contribution in [2.45, 2.75) is 13.5 Å². The second-order valence-corrected chi connectivity index (χ2v) is 11.1. The summed E-state index contributed by atoms with van der Waals surface area (Å²) in [7, 11) is 0. The van der Waals surface area contributed by atoms with E-state index >= 15 is 0 Å². The Kier molecular flexibility index (Phi) is 5.72. The van der Waals surface area contributed by atoms with Crippen LogP contribution in [0, 0.1) is 6.92 Å². The highest BCUT2D eigenvalue weighted by Crippen LogP contribution is 2.38. The minimum absolute atomic E-state index is 0.230. The molecule has 10 heteroatoms. The molecule has 1 aliphatic heterocycles. The molecule has 36 heavy (non-hydrogen) atoms. The molecule has 0 N–H and O–H groups in total. The molecule has 3 aromatic carbocycles. The van der Waals surface area contributed by atoms with Crippen LogP contribution in [-0.4, -0.2) is 20.5 Å². The van der Waals surface area contributed by atoms with Crippen molar-refractivity contribution in [3.05, 3.63) is 107 Å². The van der Waals surface area contributed by atoms with Crippen LogP contribution < -0.4 is 15.0 Å². The molecule has 6 rings (SSSR count). The van der Waals surface area contributed by atoms with Gasteiger partial charge in [-0.2, -0.15) is 9.50 Å². The number of carbonyl (C=O) groups excluding carboxylic acids is 1. The van der Waals surface area contributed by atoms with Gasteiger partial charge in [0.2, 0.25) is 4.96 Å². The molecule has 0 spiro atoms. The highest BCUT2D eigenvalue weighted by atomic mass is 79.9. The van der Waals surface area contributed by atoms with Gasteiger partial charge in [0, 0.05) is 20.6 Å². The van der Waals surface area contributed by atoms with Crippen LogP contribution >= 0.6 is 50.5 Å². The molecule has 178 valence electrons. The maximum atomic E-state index is 13.7. The molecular weight excluding hydrogens is 583 g/mol. The number of aryl methyl sites for hydroxylation is 1. The maximum Gasteiger partial charge on any atom is 0.291 e. The van der Waals surface area contributed by atoms with Gasteiger partial charge in [-0.05, 0) is 48.9 Å². The lowest BCUT2D eigenvalue weighted by Crippen LogP contribution is -2.32. The summed E-state index contributed by atoms with van der Waals surface area (Å²) in [6.45, 7) is 2.41. The number of thiazole rings is 1. The first-order chi connectivity index (χ1) is 17.3. The maximum absolute atomic E-state index is 13.7. The zero-order valence-corrected chi connectivity index (χ0v) is 22.5. The van der Waals surface area contributed by atoms with Crippen LogP contribution in [-0.2, 0) is 11.3 Å². The van der Waals surface area contributed by atoms with Gasteiger partial charge < -0.3 is 4.90 Å². The summed E-state index contributed by atoms with van der Waals surface area (Å²) in [4.78, 5) is 33.8. The van der Waals surface area contributed by atoms with Crippen LogP contribution in [0.25, 0.3) is 21.9 Å². The van der Waals surface area contributed by atoms with E-state index in [9.17, 15) is 9.59 Å².